The average Bonchev–Trinajstić information content (AvgIpc) is 2.72. The van der Waals surface area contributed by atoms with Crippen LogP contribution in [0.25, 0.3) is 0 Å². The predicted molar refractivity (Wildman–Crippen MR) is 58.1 cm³/mol. The summed E-state index contributed by atoms with van der Waals surface area (Å²) in [5, 5.41) is 16.9. The first-order chi connectivity index (χ1) is 7.84. The van der Waals surface area contributed by atoms with Crippen molar-refractivity contribution >= 4 is 5.82 Å². The maximum atomic E-state index is 10.7. The Morgan fingerprint density at radius 1 is 1.44 bits per heavy atom. The van der Waals surface area contributed by atoms with Gasteiger partial charge in [-0.1, -0.05) is 0 Å². The van der Waals surface area contributed by atoms with Crippen LogP contribution in [-0.2, 0) is 6.42 Å². The van der Waals surface area contributed by atoms with Gasteiger partial charge in [-0.25, -0.2) is 9.89 Å². The molecule has 2 aromatic rings. The first kappa shape index (κ1) is 10.3. The molecule has 0 saturated carbocycles. The van der Waals surface area contributed by atoms with Crippen LogP contribution < -0.4 is 11.0 Å². The van der Waals surface area contributed by atoms with Gasteiger partial charge in [-0.15, -0.1) is 5.10 Å². The van der Waals surface area contributed by atoms with Gasteiger partial charge in [-0.05, 0) is 18.6 Å². The number of hydrogen-bond acceptors (Lipinski definition) is 5. The predicted octanol–water partition coefficient (Wildman–Crippen LogP) is -0.0673. The first-order valence-corrected chi connectivity index (χ1v) is 5.00. The van der Waals surface area contributed by atoms with E-state index >= 15 is 0 Å². The number of rotatable bonds is 5. The molecule has 0 aliphatic rings. The Morgan fingerprint density at radius 3 is 3.06 bits per heavy atom. The van der Waals surface area contributed by atoms with Crippen molar-refractivity contribution in [1.29, 1.82) is 0 Å². The molecule has 0 spiro atoms. The van der Waals surface area contributed by atoms with Gasteiger partial charge in [-0.3, -0.25) is 4.98 Å². The third-order valence-electron chi connectivity index (χ3n) is 2.02. The summed E-state index contributed by atoms with van der Waals surface area (Å²) in [4.78, 5) is 13.3. The van der Waals surface area contributed by atoms with Gasteiger partial charge in [-0.2, -0.15) is 10.2 Å². The summed E-state index contributed by atoms with van der Waals surface area (Å²) in [6, 6.07) is 3.67. The lowest BCUT2D eigenvalue weighted by Gasteiger charge is -2.02. The fraction of sp³-hybridized carbons (Fsp3) is 0.333. The number of anilines is 1. The zero-order valence-electron chi connectivity index (χ0n) is 8.60. The van der Waals surface area contributed by atoms with Crippen LogP contribution in [0.1, 0.15) is 12.2 Å². The minimum Gasteiger partial charge on any atom is -0.369 e. The fourth-order valence-electron chi connectivity index (χ4n) is 1.29. The molecule has 0 amide bonds. The maximum Gasteiger partial charge on any atom is 0.340 e. The Balaban J connectivity index is 1.71. The van der Waals surface area contributed by atoms with Crippen molar-refractivity contribution in [3.05, 3.63) is 34.6 Å². The Hall–Kier alpha value is -2.18. The van der Waals surface area contributed by atoms with E-state index < -0.39 is 0 Å². The van der Waals surface area contributed by atoms with E-state index in [9.17, 15) is 4.79 Å². The molecule has 0 saturated heterocycles. The summed E-state index contributed by atoms with van der Waals surface area (Å²) in [6.45, 7) is 0.758. The molecule has 3 N–H and O–H groups in total. The zero-order chi connectivity index (χ0) is 11.2. The quantitative estimate of drug-likeness (QED) is 0.613. The second-order valence-corrected chi connectivity index (χ2v) is 3.26. The van der Waals surface area contributed by atoms with Crippen LogP contribution in [0.3, 0.4) is 0 Å². The number of aryl methyl sites for hydroxylation is 1. The fourth-order valence-corrected chi connectivity index (χ4v) is 1.29. The SMILES string of the molecule is O=c1[nH]nc(CCCNc2cccnn2)[nH]1. The Kier molecular flexibility index (Phi) is 3.27. The lowest BCUT2D eigenvalue weighted by molar-refractivity contribution is 0.801. The van der Waals surface area contributed by atoms with Gasteiger partial charge in [0.1, 0.15) is 11.6 Å². The number of nitrogens with zero attached hydrogens (tertiary/aromatic N) is 3. The molecule has 0 aliphatic heterocycles. The van der Waals surface area contributed by atoms with Gasteiger partial charge in [0, 0.05) is 19.2 Å². The van der Waals surface area contributed by atoms with E-state index in [2.05, 4.69) is 30.7 Å². The molecule has 0 fully saturated rings. The molecule has 0 aromatic carbocycles. The molecule has 0 unspecified atom stereocenters. The van der Waals surface area contributed by atoms with E-state index in [4.69, 9.17) is 0 Å². The molecule has 7 nitrogen and oxygen atoms in total. The number of aromatic nitrogens is 5. The third kappa shape index (κ3) is 2.91. The van der Waals surface area contributed by atoms with Gasteiger partial charge in [0.05, 0.1) is 0 Å². The second kappa shape index (κ2) is 5.06. The van der Waals surface area contributed by atoms with Gasteiger partial charge >= 0.3 is 5.69 Å². The second-order valence-electron chi connectivity index (χ2n) is 3.26. The van der Waals surface area contributed by atoms with Crippen LogP contribution >= 0.6 is 0 Å². The number of aromatic amines is 2. The molecule has 2 aromatic heterocycles. The minimum absolute atomic E-state index is 0.267. The van der Waals surface area contributed by atoms with E-state index in [0.29, 0.717) is 12.2 Å². The molecule has 0 aliphatic carbocycles. The molecule has 2 heterocycles. The van der Waals surface area contributed by atoms with Crippen LogP contribution in [0.2, 0.25) is 0 Å². The van der Waals surface area contributed by atoms with Crippen molar-refractivity contribution in [3.63, 3.8) is 0 Å². The van der Waals surface area contributed by atoms with Crippen LogP contribution in [0.4, 0.5) is 5.82 Å². The number of H-pyrrole nitrogens is 2. The maximum absolute atomic E-state index is 10.7. The molecule has 84 valence electrons. The third-order valence-corrected chi connectivity index (χ3v) is 2.02. The highest BCUT2D eigenvalue weighted by atomic mass is 16.1. The molecule has 0 radical (unpaired) electrons. The van der Waals surface area contributed by atoms with Crippen LogP contribution in [0.5, 0.6) is 0 Å². The van der Waals surface area contributed by atoms with Crippen molar-refractivity contribution in [2.24, 2.45) is 0 Å². The largest absolute Gasteiger partial charge is 0.369 e. The van der Waals surface area contributed by atoms with E-state index in [1.807, 2.05) is 12.1 Å². The van der Waals surface area contributed by atoms with Crippen LogP contribution in [0.15, 0.2) is 23.1 Å². The van der Waals surface area contributed by atoms with Gasteiger partial charge in [0.2, 0.25) is 0 Å². The molecule has 0 bridgehead atoms. The topological polar surface area (TPSA) is 99.3 Å². The molecule has 0 atom stereocenters. The van der Waals surface area contributed by atoms with Crippen LogP contribution in [0, 0.1) is 0 Å². The highest BCUT2D eigenvalue weighted by Gasteiger charge is 1.98. The summed E-state index contributed by atoms with van der Waals surface area (Å²) in [7, 11) is 0. The summed E-state index contributed by atoms with van der Waals surface area (Å²) < 4.78 is 0. The van der Waals surface area contributed by atoms with Crippen molar-refractivity contribution in [1.82, 2.24) is 25.4 Å². The van der Waals surface area contributed by atoms with Crippen molar-refractivity contribution in [2.75, 3.05) is 11.9 Å². The van der Waals surface area contributed by atoms with Crippen molar-refractivity contribution < 1.29 is 0 Å². The lowest BCUT2D eigenvalue weighted by Crippen LogP contribution is -2.06. The molecule has 16 heavy (non-hydrogen) atoms. The Bertz CT molecular complexity index is 476. The summed E-state index contributed by atoms with van der Waals surface area (Å²) in [5.41, 5.74) is -0.267. The zero-order valence-corrected chi connectivity index (χ0v) is 8.60. The molecular weight excluding hydrogens is 208 g/mol. The lowest BCUT2D eigenvalue weighted by atomic mass is 10.3. The summed E-state index contributed by atoms with van der Waals surface area (Å²) in [6.07, 6.45) is 3.20. The monoisotopic (exact) mass is 220 g/mol. The Labute approximate surface area is 91.3 Å². The highest BCUT2D eigenvalue weighted by Crippen LogP contribution is 1.98. The average molecular weight is 220 g/mol. The molecular formula is C9H12N6O. The standard InChI is InChI=1S/C9H12N6O/c16-9-12-8(14-15-9)4-1-5-10-7-3-2-6-11-13-7/h2-3,6H,1,4-5H2,(H,10,13)(H2,12,14,15,16). The van der Waals surface area contributed by atoms with Gasteiger partial charge < -0.3 is 5.32 Å². The Morgan fingerprint density at radius 2 is 2.38 bits per heavy atom. The normalized spacial score (nSPS) is 10.2. The molecule has 7 heteroatoms. The van der Waals surface area contributed by atoms with E-state index in [1.54, 1.807) is 6.20 Å². The van der Waals surface area contributed by atoms with Crippen molar-refractivity contribution in [3.8, 4) is 0 Å². The van der Waals surface area contributed by atoms with Crippen molar-refractivity contribution in [2.45, 2.75) is 12.8 Å². The van der Waals surface area contributed by atoms with Crippen LogP contribution in [-0.4, -0.2) is 31.9 Å². The summed E-state index contributed by atoms with van der Waals surface area (Å²) >= 11 is 0. The van der Waals surface area contributed by atoms with Gasteiger partial charge in [0.15, 0.2) is 0 Å². The van der Waals surface area contributed by atoms with E-state index in [1.165, 1.54) is 0 Å². The first-order valence-electron chi connectivity index (χ1n) is 5.00. The van der Waals surface area contributed by atoms with E-state index in [-0.39, 0.29) is 5.69 Å². The highest BCUT2D eigenvalue weighted by molar-refractivity contribution is 5.30. The summed E-state index contributed by atoms with van der Waals surface area (Å²) in [5.74, 6) is 1.42. The van der Waals surface area contributed by atoms with Gasteiger partial charge in [0.25, 0.3) is 0 Å². The van der Waals surface area contributed by atoms with E-state index in [0.717, 1.165) is 18.8 Å². The molecule has 2 rings (SSSR count). The smallest absolute Gasteiger partial charge is 0.340 e. The minimum atomic E-state index is -0.267. The number of hydrogen-bond donors (Lipinski definition) is 3. The number of nitrogens with one attached hydrogen (secondary N) is 3.